The van der Waals surface area contributed by atoms with Gasteiger partial charge in [-0.05, 0) is 31.0 Å². The molecule has 1 saturated carbocycles. The smallest absolute Gasteiger partial charge is 0.252 e. The van der Waals surface area contributed by atoms with Crippen molar-refractivity contribution in [1.29, 1.82) is 0 Å². The van der Waals surface area contributed by atoms with Crippen molar-refractivity contribution in [3.05, 3.63) is 23.8 Å². The second kappa shape index (κ2) is 7.35. The van der Waals surface area contributed by atoms with E-state index in [0.717, 1.165) is 36.5 Å². The quantitative estimate of drug-likeness (QED) is 0.862. The third kappa shape index (κ3) is 3.68. The van der Waals surface area contributed by atoms with E-state index < -0.39 is 0 Å². The van der Waals surface area contributed by atoms with Crippen LogP contribution in [0.2, 0.25) is 0 Å². The second-order valence-electron chi connectivity index (χ2n) is 6.77. The first kappa shape index (κ1) is 16.9. The van der Waals surface area contributed by atoms with Crippen molar-refractivity contribution >= 4 is 29.3 Å². The number of fused-ring (bicyclic) bond motifs is 1. The molecule has 6 nitrogen and oxygen atoms in total. The predicted octanol–water partition coefficient (Wildman–Crippen LogP) is 2.06. The Labute approximate surface area is 151 Å². The van der Waals surface area contributed by atoms with Crippen molar-refractivity contribution < 1.29 is 14.3 Å². The van der Waals surface area contributed by atoms with E-state index in [1.54, 1.807) is 17.8 Å². The lowest BCUT2D eigenvalue weighted by atomic mass is 10.1. The fourth-order valence-corrected chi connectivity index (χ4v) is 4.78. The van der Waals surface area contributed by atoms with Crippen molar-refractivity contribution in [3.63, 3.8) is 0 Å². The highest BCUT2D eigenvalue weighted by molar-refractivity contribution is 8.00. The Kier molecular flexibility index (Phi) is 4.96. The molecule has 0 spiro atoms. The lowest BCUT2D eigenvalue weighted by molar-refractivity contribution is -0.119. The third-order valence-corrected chi connectivity index (χ3v) is 6.38. The summed E-state index contributed by atoms with van der Waals surface area (Å²) >= 11 is 1.55. The maximum absolute atomic E-state index is 12.5. The summed E-state index contributed by atoms with van der Waals surface area (Å²) in [7, 11) is 0. The van der Waals surface area contributed by atoms with Crippen LogP contribution >= 0.6 is 11.8 Å². The average Bonchev–Trinajstić information content (AvgIpc) is 3.14. The highest BCUT2D eigenvalue weighted by Gasteiger charge is 2.33. The summed E-state index contributed by atoms with van der Waals surface area (Å²) in [5.41, 5.74) is 1.34. The standard InChI is InChI=1S/C18H23N3O3S/c22-16(19-13-3-1-2-4-13)12-5-6-15-14(11-12)20-17(23)18(25-15)21-7-9-24-10-8-21/h5-6,11,13,18H,1-4,7-10H2,(H,19,22)(H,20,23). The summed E-state index contributed by atoms with van der Waals surface area (Å²) in [6.45, 7) is 2.86. The number of carbonyl (C=O) groups is 2. The van der Waals surface area contributed by atoms with Crippen LogP contribution in [-0.2, 0) is 9.53 Å². The fraction of sp³-hybridized carbons (Fsp3) is 0.556. The summed E-state index contributed by atoms with van der Waals surface area (Å²) < 4.78 is 5.36. The molecule has 0 radical (unpaired) electrons. The molecule has 0 bridgehead atoms. The lowest BCUT2D eigenvalue weighted by Gasteiger charge is -2.35. The molecule has 25 heavy (non-hydrogen) atoms. The lowest BCUT2D eigenvalue weighted by Crippen LogP contribution is -2.48. The molecule has 1 atom stereocenters. The van der Waals surface area contributed by atoms with E-state index in [2.05, 4.69) is 15.5 Å². The molecule has 7 heteroatoms. The minimum Gasteiger partial charge on any atom is -0.379 e. The van der Waals surface area contributed by atoms with Crippen LogP contribution in [0, 0.1) is 0 Å². The number of nitrogens with one attached hydrogen (secondary N) is 2. The second-order valence-corrected chi connectivity index (χ2v) is 7.90. The zero-order valence-electron chi connectivity index (χ0n) is 14.1. The molecule has 2 aliphatic heterocycles. The summed E-state index contributed by atoms with van der Waals surface area (Å²) in [5.74, 6) is -0.0722. The Bertz CT molecular complexity index is 670. The van der Waals surface area contributed by atoms with Crippen LogP contribution in [0.4, 0.5) is 5.69 Å². The van der Waals surface area contributed by atoms with E-state index >= 15 is 0 Å². The number of amides is 2. The zero-order valence-corrected chi connectivity index (χ0v) is 14.9. The van der Waals surface area contributed by atoms with Gasteiger partial charge in [-0.3, -0.25) is 14.5 Å². The first-order chi connectivity index (χ1) is 12.2. The molecule has 134 valence electrons. The van der Waals surface area contributed by atoms with Gasteiger partial charge in [0.2, 0.25) is 0 Å². The van der Waals surface area contributed by atoms with Gasteiger partial charge in [0.1, 0.15) is 5.37 Å². The summed E-state index contributed by atoms with van der Waals surface area (Å²) in [5, 5.41) is 5.84. The van der Waals surface area contributed by atoms with Crippen LogP contribution < -0.4 is 10.6 Å². The molecule has 2 N–H and O–H groups in total. The normalized spacial score (nSPS) is 24.6. The number of nitrogens with zero attached hydrogens (tertiary/aromatic N) is 1. The first-order valence-electron chi connectivity index (χ1n) is 8.95. The van der Waals surface area contributed by atoms with E-state index in [0.29, 0.717) is 18.8 Å². The molecule has 4 rings (SSSR count). The summed E-state index contributed by atoms with van der Waals surface area (Å²) in [6.07, 6.45) is 4.49. The first-order valence-corrected chi connectivity index (χ1v) is 9.83. The molecular weight excluding hydrogens is 338 g/mol. The molecule has 1 aromatic carbocycles. The van der Waals surface area contributed by atoms with Crippen LogP contribution in [-0.4, -0.2) is 54.4 Å². The Morgan fingerprint density at radius 3 is 2.76 bits per heavy atom. The van der Waals surface area contributed by atoms with Crippen molar-refractivity contribution in [2.45, 2.75) is 42.0 Å². The van der Waals surface area contributed by atoms with Gasteiger partial charge in [-0.1, -0.05) is 24.6 Å². The van der Waals surface area contributed by atoms with E-state index in [1.165, 1.54) is 12.8 Å². The zero-order chi connectivity index (χ0) is 17.2. The maximum Gasteiger partial charge on any atom is 0.252 e. The number of morpholine rings is 1. The molecule has 1 unspecified atom stereocenters. The van der Waals surface area contributed by atoms with Crippen LogP contribution in [0.15, 0.2) is 23.1 Å². The van der Waals surface area contributed by atoms with E-state index in [4.69, 9.17) is 4.74 Å². The summed E-state index contributed by atoms with van der Waals surface area (Å²) in [4.78, 5) is 28.1. The number of hydrogen-bond acceptors (Lipinski definition) is 5. The largest absolute Gasteiger partial charge is 0.379 e. The number of benzene rings is 1. The number of rotatable bonds is 3. The van der Waals surface area contributed by atoms with Crippen LogP contribution in [0.1, 0.15) is 36.0 Å². The predicted molar refractivity (Wildman–Crippen MR) is 96.8 cm³/mol. The van der Waals surface area contributed by atoms with Crippen molar-refractivity contribution in [1.82, 2.24) is 10.2 Å². The topological polar surface area (TPSA) is 70.7 Å². The van der Waals surface area contributed by atoms with E-state index in [1.807, 2.05) is 12.1 Å². The number of anilines is 1. The SMILES string of the molecule is O=C(NC1CCCC1)c1ccc2c(c1)NC(=O)C(N1CCOCC1)S2. The monoisotopic (exact) mass is 361 g/mol. The molecule has 2 fully saturated rings. The highest BCUT2D eigenvalue weighted by Crippen LogP contribution is 2.37. The number of carbonyl (C=O) groups excluding carboxylic acids is 2. The minimum atomic E-state index is -0.227. The van der Waals surface area contributed by atoms with Crippen LogP contribution in [0.5, 0.6) is 0 Å². The summed E-state index contributed by atoms with van der Waals surface area (Å²) in [6, 6.07) is 5.87. The number of ether oxygens (including phenoxy) is 1. The van der Waals surface area contributed by atoms with E-state index in [9.17, 15) is 9.59 Å². The molecule has 2 amide bonds. The Morgan fingerprint density at radius 2 is 2.00 bits per heavy atom. The molecule has 2 heterocycles. The van der Waals surface area contributed by atoms with Crippen molar-refractivity contribution in [2.24, 2.45) is 0 Å². The third-order valence-electron chi connectivity index (χ3n) is 5.03. The average molecular weight is 361 g/mol. The number of thioether (sulfide) groups is 1. The van der Waals surface area contributed by atoms with Gasteiger partial charge in [0, 0.05) is 29.6 Å². The maximum atomic E-state index is 12.5. The molecule has 0 aromatic heterocycles. The highest BCUT2D eigenvalue weighted by atomic mass is 32.2. The molecular formula is C18H23N3O3S. The molecule has 1 aromatic rings. The Morgan fingerprint density at radius 1 is 1.24 bits per heavy atom. The van der Waals surface area contributed by atoms with Gasteiger partial charge in [0.05, 0.1) is 18.9 Å². The van der Waals surface area contributed by atoms with Crippen molar-refractivity contribution in [2.75, 3.05) is 31.6 Å². The van der Waals surface area contributed by atoms with E-state index in [-0.39, 0.29) is 23.2 Å². The van der Waals surface area contributed by atoms with Gasteiger partial charge >= 0.3 is 0 Å². The molecule has 1 aliphatic carbocycles. The molecule has 1 saturated heterocycles. The van der Waals surface area contributed by atoms with Crippen LogP contribution in [0.25, 0.3) is 0 Å². The Balaban J connectivity index is 1.47. The van der Waals surface area contributed by atoms with Gasteiger partial charge < -0.3 is 15.4 Å². The Hall–Kier alpha value is -1.57. The van der Waals surface area contributed by atoms with Gasteiger partial charge in [-0.15, -0.1) is 0 Å². The molecule has 3 aliphatic rings. The van der Waals surface area contributed by atoms with Gasteiger partial charge in [0.25, 0.3) is 11.8 Å². The fourth-order valence-electron chi connectivity index (χ4n) is 3.63. The van der Waals surface area contributed by atoms with Gasteiger partial charge in [0.15, 0.2) is 0 Å². The number of hydrogen-bond donors (Lipinski definition) is 2. The van der Waals surface area contributed by atoms with Gasteiger partial charge in [-0.2, -0.15) is 0 Å². The van der Waals surface area contributed by atoms with Crippen LogP contribution in [0.3, 0.4) is 0 Å². The minimum absolute atomic E-state index is 0.0206. The van der Waals surface area contributed by atoms with Gasteiger partial charge in [-0.25, -0.2) is 0 Å². The van der Waals surface area contributed by atoms with Crippen molar-refractivity contribution in [3.8, 4) is 0 Å².